The van der Waals surface area contributed by atoms with Gasteiger partial charge in [0, 0.05) is 0 Å². The molecule has 0 aromatic heterocycles. The number of esters is 1. The molecule has 0 heterocycles. The van der Waals surface area contributed by atoms with Crippen molar-refractivity contribution < 1.29 is 9.53 Å². The molecule has 0 aliphatic rings. The SMILES string of the molecule is CC[Si](/C=C/CCOC(=O)c1ccccc1)(CC)CC. The molecule has 0 fully saturated rings. The Labute approximate surface area is 123 Å². The third kappa shape index (κ3) is 4.97. The van der Waals surface area contributed by atoms with Crippen LogP contribution in [0, 0.1) is 0 Å². The van der Waals surface area contributed by atoms with Gasteiger partial charge in [0.25, 0.3) is 0 Å². The molecule has 1 aromatic carbocycles. The first kappa shape index (κ1) is 16.7. The van der Waals surface area contributed by atoms with E-state index in [4.69, 9.17) is 4.74 Å². The first-order valence-electron chi connectivity index (χ1n) is 7.57. The summed E-state index contributed by atoms with van der Waals surface area (Å²) >= 11 is 0. The van der Waals surface area contributed by atoms with Crippen LogP contribution < -0.4 is 0 Å². The van der Waals surface area contributed by atoms with E-state index in [1.54, 1.807) is 12.1 Å². The second kappa shape index (κ2) is 8.75. The number of ether oxygens (including phenoxy) is 1. The van der Waals surface area contributed by atoms with Crippen LogP contribution in [-0.2, 0) is 4.74 Å². The fraction of sp³-hybridized carbons (Fsp3) is 0.471. The van der Waals surface area contributed by atoms with E-state index >= 15 is 0 Å². The predicted molar refractivity (Wildman–Crippen MR) is 87.7 cm³/mol. The molecule has 20 heavy (non-hydrogen) atoms. The molecule has 0 unspecified atom stereocenters. The summed E-state index contributed by atoms with van der Waals surface area (Å²) in [5, 5.41) is 0. The molecule has 2 nitrogen and oxygen atoms in total. The first-order valence-corrected chi connectivity index (χ1v) is 10.3. The molecule has 0 saturated carbocycles. The van der Waals surface area contributed by atoms with Crippen LogP contribution in [-0.4, -0.2) is 20.7 Å². The lowest BCUT2D eigenvalue weighted by Crippen LogP contribution is -2.28. The highest BCUT2D eigenvalue weighted by molar-refractivity contribution is 6.84. The Kier molecular flexibility index (Phi) is 7.30. The molecule has 0 bridgehead atoms. The van der Waals surface area contributed by atoms with Crippen LogP contribution in [0.25, 0.3) is 0 Å². The number of carbonyl (C=O) groups is 1. The second-order valence-corrected chi connectivity index (χ2v) is 10.3. The third-order valence-corrected chi connectivity index (χ3v) is 9.28. The lowest BCUT2D eigenvalue weighted by molar-refractivity contribution is 0.0512. The lowest BCUT2D eigenvalue weighted by atomic mass is 10.2. The summed E-state index contributed by atoms with van der Waals surface area (Å²) in [7, 11) is -1.18. The van der Waals surface area contributed by atoms with E-state index in [0.29, 0.717) is 12.2 Å². The molecule has 0 N–H and O–H groups in total. The summed E-state index contributed by atoms with van der Waals surface area (Å²) in [4.78, 5) is 11.7. The maximum atomic E-state index is 11.7. The largest absolute Gasteiger partial charge is 0.462 e. The molecule has 110 valence electrons. The van der Waals surface area contributed by atoms with Crippen LogP contribution >= 0.6 is 0 Å². The van der Waals surface area contributed by atoms with E-state index in [2.05, 4.69) is 32.5 Å². The summed E-state index contributed by atoms with van der Waals surface area (Å²) < 4.78 is 5.27. The zero-order chi connectivity index (χ0) is 14.8. The molecule has 3 heteroatoms. The molecule has 0 aliphatic carbocycles. The Bertz CT molecular complexity index is 414. The molecular formula is C17H26O2Si. The van der Waals surface area contributed by atoms with Crippen molar-refractivity contribution in [2.24, 2.45) is 0 Å². The highest BCUT2D eigenvalue weighted by atomic mass is 28.3. The van der Waals surface area contributed by atoms with Gasteiger partial charge in [-0.3, -0.25) is 0 Å². The average molecular weight is 290 g/mol. The van der Waals surface area contributed by atoms with E-state index < -0.39 is 8.07 Å². The van der Waals surface area contributed by atoms with Crippen LogP contribution in [0.15, 0.2) is 42.1 Å². The molecule has 0 spiro atoms. The zero-order valence-corrected chi connectivity index (χ0v) is 13.9. The monoisotopic (exact) mass is 290 g/mol. The molecule has 0 atom stereocenters. The number of rotatable bonds is 8. The molecule has 0 radical (unpaired) electrons. The van der Waals surface area contributed by atoms with E-state index in [1.807, 2.05) is 18.2 Å². The minimum atomic E-state index is -1.18. The zero-order valence-electron chi connectivity index (χ0n) is 12.9. The molecule has 0 aliphatic heterocycles. The second-order valence-electron chi connectivity index (χ2n) is 5.12. The molecule has 0 saturated heterocycles. The Morgan fingerprint density at radius 1 is 1.10 bits per heavy atom. The summed E-state index contributed by atoms with van der Waals surface area (Å²) in [6, 6.07) is 13.0. The first-order chi connectivity index (χ1) is 9.67. The van der Waals surface area contributed by atoms with Crippen molar-refractivity contribution in [1.82, 2.24) is 0 Å². The van der Waals surface area contributed by atoms with Gasteiger partial charge in [-0.2, -0.15) is 0 Å². The van der Waals surface area contributed by atoms with Crippen molar-refractivity contribution in [3.05, 3.63) is 47.7 Å². The number of hydrogen-bond donors (Lipinski definition) is 0. The van der Waals surface area contributed by atoms with Gasteiger partial charge in [0.15, 0.2) is 0 Å². The van der Waals surface area contributed by atoms with Crippen LogP contribution in [0.3, 0.4) is 0 Å². The van der Waals surface area contributed by atoms with Crippen molar-refractivity contribution in [3.63, 3.8) is 0 Å². The average Bonchev–Trinajstić information content (AvgIpc) is 2.52. The van der Waals surface area contributed by atoms with Gasteiger partial charge >= 0.3 is 5.97 Å². The summed E-state index contributed by atoms with van der Waals surface area (Å²) in [5.74, 6) is -0.232. The molecular weight excluding hydrogens is 264 g/mol. The van der Waals surface area contributed by atoms with E-state index in [9.17, 15) is 4.79 Å². The summed E-state index contributed by atoms with van der Waals surface area (Å²) in [6.07, 6.45) is 3.02. The number of carbonyl (C=O) groups excluding carboxylic acids is 1. The predicted octanol–water partition coefficient (Wildman–Crippen LogP) is 4.84. The fourth-order valence-electron chi connectivity index (χ4n) is 2.31. The van der Waals surface area contributed by atoms with Crippen molar-refractivity contribution in [2.45, 2.75) is 45.3 Å². The Morgan fingerprint density at radius 2 is 1.70 bits per heavy atom. The van der Waals surface area contributed by atoms with Gasteiger partial charge < -0.3 is 4.74 Å². The summed E-state index contributed by atoms with van der Waals surface area (Å²) in [6.45, 7) is 7.34. The molecule has 1 rings (SSSR count). The van der Waals surface area contributed by atoms with Gasteiger partial charge in [0.2, 0.25) is 0 Å². The quantitative estimate of drug-likeness (QED) is 0.389. The molecule has 0 amide bonds. The highest BCUT2D eigenvalue weighted by Gasteiger charge is 2.22. The Morgan fingerprint density at radius 3 is 2.25 bits per heavy atom. The standard InChI is InChI=1S/C17H26O2Si/c1-4-20(5-2,6-3)15-11-10-14-19-17(18)16-12-8-7-9-13-16/h7-9,11-13,15H,4-6,10,14H2,1-3H3/b15-11+. The lowest BCUT2D eigenvalue weighted by Gasteiger charge is -2.23. The fourth-order valence-corrected chi connectivity index (χ4v) is 5.19. The Balaban J connectivity index is 2.36. The third-order valence-electron chi connectivity index (χ3n) is 4.11. The van der Waals surface area contributed by atoms with Crippen molar-refractivity contribution in [1.29, 1.82) is 0 Å². The molecule has 1 aromatic rings. The van der Waals surface area contributed by atoms with Gasteiger partial charge in [0.1, 0.15) is 0 Å². The van der Waals surface area contributed by atoms with Crippen molar-refractivity contribution >= 4 is 14.0 Å². The van der Waals surface area contributed by atoms with Gasteiger partial charge in [-0.1, -0.05) is 68.9 Å². The van der Waals surface area contributed by atoms with Gasteiger partial charge in [0.05, 0.1) is 20.2 Å². The maximum Gasteiger partial charge on any atom is 0.338 e. The van der Waals surface area contributed by atoms with Crippen LogP contribution in [0.4, 0.5) is 0 Å². The minimum absolute atomic E-state index is 0.232. The van der Waals surface area contributed by atoms with Crippen molar-refractivity contribution in [3.8, 4) is 0 Å². The number of benzene rings is 1. The number of hydrogen-bond acceptors (Lipinski definition) is 2. The topological polar surface area (TPSA) is 26.3 Å². The highest BCUT2D eigenvalue weighted by Crippen LogP contribution is 2.21. The van der Waals surface area contributed by atoms with Crippen LogP contribution in [0.5, 0.6) is 0 Å². The van der Waals surface area contributed by atoms with Gasteiger partial charge in [-0.15, -0.1) is 0 Å². The van der Waals surface area contributed by atoms with E-state index in [-0.39, 0.29) is 5.97 Å². The van der Waals surface area contributed by atoms with Crippen LogP contribution in [0.1, 0.15) is 37.6 Å². The van der Waals surface area contributed by atoms with Crippen molar-refractivity contribution in [2.75, 3.05) is 6.61 Å². The normalized spacial score (nSPS) is 11.8. The van der Waals surface area contributed by atoms with E-state index in [1.165, 1.54) is 18.1 Å². The Hall–Kier alpha value is -1.35. The smallest absolute Gasteiger partial charge is 0.338 e. The summed E-state index contributed by atoms with van der Waals surface area (Å²) in [5.41, 5.74) is 3.06. The van der Waals surface area contributed by atoms with Gasteiger partial charge in [-0.25, -0.2) is 4.79 Å². The van der Waals surface area contributed by atoms with E-state index in [0.717, 1.165) is 6.42 Å². The van der Waals surface area contributed by atoms with Gasteiger partial charge in [-0.05, 0) is 18.6 Å². The van der Waals surface area contributed by atoms with Crippen LogP contribution in [0.2, 0.25) is 18.1 Å². The maximum absolute atomic E-state index is 11.7. The minimum Gasteiger partial charge on any atom is -0.462 e.